The van der Waals surface area contributed by atoms with E-state index in [2.05, 4.69) is 25.6 Å². The molecule has 3 rings (SSSR count). The number of carbonyl (C=O) groups is 1. The van der Waals surface area contributed by atoms with E-state index in [0.29, 0.717) is 24.1 Å². The van der Waals surface area contributed by atoms with Crippen molar-refractivity contribution in [1.29, 1.82) is 0 Å². The number of anilines is 1. The highest BCUT2D eigenvalue weighted by Crippen LogP contribution is 2.23. The number of nitrogens with zero attached hydrogens (tertiary/aromatic N) is 3. The number of aromatic nitrogens is 3. The third-order valence-electron chi connectivity index (χ3n) is 3.18. The van der Waals surface area contributed by atoms with Crippen LogP contribution in [0.1, 0.15) is 34.7 Å². The second kappa shape index (κ2) is 5.87. The van der Waals surface area contributed by atoms with Crippen LogP contribution in [0.2, 0.25) is 0 Å². The highest BCUT2D eigenvalue weighted by Gasteiger charge is 2.22. The first kappa shape index (κ1) is 13.5. The molecule has 1 aliphatic carbocycles. The Morgan fingerprint density at radius 3 is 2.95 bits per heavy atom. The summed E-state index contributed by atoms with van der Waals surface area (Å²) in [4.78, 5) is 24.7. The molecule has 0 radical (unpaired) electrons. The predicted molar refractivity (Wildman–Crippen MR) is 78.8 cm³/mol. The van der Waals surface area contributed by atoms with Crippen molar-refractivity contribution in [2.45, 2.75) is 32.4 Å². The molecule has 0 spiro atoms. The Balaban J connectivity index is 1.67. The van der Waals surface area contributed by atoms with Crippen LogP contribution in [0.4, 0.5) is 5.82 Å². The first-order valence-electron chi connectivity index (χ1n) is 7.00. The van der Waals surface area contributed by atoms with Crippen LogP contribution >= 0.6 is 0 Å². The lowest BCUT2D eigenvalue weighted by Crippen LogP contribution is -2.24. The highest BCUT2D eigenvalue weighted by atomic mass is 16.1. The van der Waals surface area contributed by atoms with Gasteiger partial charge in [0, 0.05) is 31.0 Å². The van der Waals surface area contributed by atoms with E-state index in [0.717, 1.165) is 24.2 Å². The summed E-state index contributed by atoms with van der Waals surface area (Å²) in [6.45, 7) is 2.22. The molecule has 2 heterocycles. The number of hydrogen-bond donors (Lipinski definition) is 2. The fourth-order valence-electron chi connectivity index (χ4n) is 1.97. The summed E-state index contributed by atoms with van der Waals surface area (Å²) in [6.07, 6.45) is 5.75. The molecule has 1 amide bonds. The molecule has 108 valence electrons. The van der Waals surface area contributed by atoms with Crippen LogP contribution in [-0.4, -0.2) is 26.9 Å². The molecule has 21 heavy (non-hydrogen) atoms. The van der Waals surface area contributed by atoms with Crippen molar-refractivity contribution in [3.8, 4) is 0 Å². The van der Waals surface area contributed by atoms with Crippen molar-refractivity contribution in [2.24, 2.45) is 0 Å². The Labute approximate surface area is 123 Å². The van der Waals surface area contributed by atoms with Crippen LogP contribution in [-0.2, 0) is 6.54 Å². The maximum atomic E-state index is 12.2. The van der Waals surface area contributed by atoms with Gasteiger partial charge in [-0.2, -0.15) is 0 Å². The quantitative estimate of drug-likeness (QED) is 0.872. The minimum Gasteiger partial charge on any atom is -0.367 e. The van der Waals surface area contributed by atoms with E-state index in [1.54, 1.807) is 25.4 Å². The lowest BCUT2D eigenvalue weighted by molar-refractivity contribution is 0.0945. The number of nitrogens with one attached hydrogen (secondary N) is 2. The van der Waals surface area contributed by atoms with Crippen molar-refractivity contribution >= 4 is 11.7 Å². The molecule has 0 saturated heterocycles. The lowest BCUT2D eigenvalue weighted by atomic mass is 10.2. The maximum Gasteiger partial charge on any atom is 0.270 e. The Morgan fingerprint density at radius 2 is 2.24 bits per heavy atom. The van der Waals surface area contributed by atoms with Gasteiger partial charge in [-0.3, -0.25) is 9.78 Å². The van der Waals surface area contributed by atoms with Crippen molar-refractivity contribution in [3.63, 3.8) is 0 Å². The third kappa shape index (κ3) is 3.75. The molecule has 2 aromatic rings. The van der Waals surface area contributed by atoms with E-state index in [1.807, 2.05) is 12.1 Å². The predicted octanol–water partition coefficient (Wildman–Crippen LogP) is 1.68. The molecule has 0 unspecified atom stereocenters. The van der Waals surface area contributed by atoms with Crippen molar-refractivity contribution in [1.82, 2.24) is 20.3 Å². The first-order valence-corrected chi connectivity index (χ1v) is 7.00. The average Bonchev–Trinajstić information content (AvgIpc) is 3.29. The zero-order chi connectivity index (χ0) is 14.7. The Morgan fingerprint density at radius 1 is 1.38 bits per heavy atom. The molecule has 0 atom stereocenters. The highest BCUT2D eigenvalue weighted by molar-refractivity contribution is 5.92. The third-order valence-corrected chi connectivity index (χ3v) is 3.18. The summed E-state index contributed by atoms with van der Waals surface area (Å²) < 4.78 is 0. The van der Waals surface area contributed by atoms with Crippen LogP contribution < -0.4 is 10.6 Å². The number of aryl methyl sites for hydroxylation is 1. The van der Waals surface area contributed by atoms with E-state index < -0.39 is 0 Å². The summed E-state index contributed by atoms with van der Waals surface area (Å²) in [7, 11) is 0. The second-order valence-corrected chi connectivity index (χ2v) is 5.15. The van der Waals surface area contributed by atoms with Crippen LogP contribution in [0.3, 0.4) is 0 Å². The van der Waals surface area contributed by atoms with Crippen LogP contribution in [0, 0.1) is 6.92 Å². The zero-order valence-corrected chi connectivity index (χ0v) is 11.8. The van der Waals surface area contributed by atoms with Gasteiger partial charge in [-0.05, 0) is 31.4 Å². The van der Waals surface area contributed by atoms with E-state index in [-0.39, 0.29) is 5.91 Å². The standard InChI is InChI=1S/C15H17N5O/c1-10-18-13(7-14(19-10)20-12-4-5-12)15(21)17-9-11-3-2-6-16-8-11/h2-3,6-8,12H,4-5,9H2,1H3,(H,17,21)(H,18,19,20). The van der Waals surface area contributed by atoms with E-state index in [1.165, 1.54) is 0 Å². The largest absolute Gasteiger partial charge is 0.367 e. The second-order valence-electron chi connectivity index (χ2n) is 5.15. The molecule has 0 aliphatic heterocycles. The number of rotatable bonds is 5. The van der Waals surface area contributed by atoms with Crippen LogP contribution in [0.5, 0.6) is 0 Å². The molecule has 1 saturated carbocycles. The topological polar surface area (TPSA) is 79.8 Å². The Kier molecular flexibility index (Phi) is 3.77. The van der Waals surface area contributed by atoms with Crippen LogP contribution in [0.15, 0.2) is 30.6 Å². The number of carbonyl (C=O) groups excluding carboxylic acids is 1. The Hall–Kier alpha value is -2.50. The Bertz CT molecular complexity index is 640. The van der Waals surface area contributed by atoms with E-state index in [4.69, 9.17) is 0 Å². The first-order chi connectivity index (χ1) is 10.2. The molecular weight excluding hydrogens is 266 g/mol. The molecule has 1 fully saturated rings. The number of hydrogen-bond acceptors (Lipinski definition) is 5. The zero-order valence-electron chi connectivity index (χ0n) is 11.8. The van der Waals surface area contributed by atoms with Gasteiger partial charge in [0.05, 0.1) is 0 Å². The number of amides is 1. The summed E-state index contributed by atoms with van der Waals surface area (Å²) >= 11 is 0. The normalized spacial score (nSPS) is 13.8. The minimum absolute atomic E-state index is 0.205. The van der Waals surface area contributed by atoms with Gasteiger partial charge in [-0.25, -0.2) is 9.97 Å². The molecule has 1 aliphatic rings. The van der Waals surface area contributed by atoms with Gasteiger partial charge in [-0.15, -0.1) is 0 Å². The number of pyridine rings is 1. The molecule has 0 bridgehead atoms. The maximum absolute atomic E-state index is 12.2. The fraction of sp³-hybridized carbons (Fsp3) is 0.333. The smallest absolute Gasteiger partial charge is 0.270 e. The van der Waals surface area contributed by atoms with Gasteiger partial charge in [0.1, 0.15) is 17.3 Å². The average molecular weight is 283 g/mol. The molecule has 6 nitrogen and oxygen atoms in total. The van der Waals surface area contributed by atoms with Gasteiger partial charge in [0.2, 0.25) is 0 Å². The van der Waals surface area contributed by atoms with Gasteiger partial charge in [0.25, 0.3) is 5.91 Å². The molecule has 6 heteroatoms. The lowest BCUT2D eigenvalue weighted by Gasteiger charge is -2.08. The molecule has 2 N–H and O–H groups in total. The van der Waals surface area contributed by atoms with Crippen molar-refractivity contribution in [3.05, 3.63) is 47.7 Å². The van der Waals surface area contributed by atoms with Gasteiger partial charge in [0.15, 0.2) is 0 Å². The van der Waals surface area contributed by atoms with Crippen molar-refractivity contribution in [2.75, 3.05) is 5.32 Å². The fourth-order valence-corrected chi connectivity index (χ4v) is 1.97. The summed E-state index contributed by atoms with van der Waals surface area (Å²) in [5.74, 6) is 1.10. The summed E-state index contributed by atoms with van der Waals surface area (Å²) in [5.41, 5.74) is 1.34. The van der Waals surface area contributed by atoms with E-state index >= 15 is 0 Å². The van der Waals surface area contributed by atoms with Crippen molar-refractivity contribution < 1.29 is 4.79 Å². The molecule has 2 aromatic heterocycles. The molecular formula is C15H17N5O. The molecule has 0 aromatic carbocycles. The van der Waals surface area contributed by atoms with Gasteiger partial charge in [-0.1, -0.05) is 6.07 Å². The van der Waals surface area contributed by atoms with Crippen LogP contribution in [0.25, 0.3) is 0 Å². The van der Waals surface area contributed by atoms with Gasteiger partial charge >= 0.3 is 0 Å². The van der Waals surface area contributed by atoms with Gasteiger partial charge < -0.3 is 10.6 Å². The summed E-state index contributed by atoms with van der Waals surface area (Å²) in [5, 5.41) is 6.13. The SMILES string of the molecule is Cc1nc(NC2CC2)cc(C(=O)NCc2cccnc2)n1. The summed E-state index contributed by atoms with van der Waals surface area (Å²) in [6, 6.07) is 5.95. The minimum atomic E-state index is -0.205. The monoisotopic (exact) mass is 283 g/mol. The van der Waals surface area contributed by atoms with E-state index in [9.17, 15) is 4.79 Å².